The van der Waals surface area contributed by atoms with Crippen LogP contribution in [0.25, 0.3) is 5.69 Å². The number of methoxy groups -OCH3 is 3. The second-order valence-corrected chi connectivity index (χ2v) is 8.24. The molecule has 8 nitrogen and oxygen atoms in total. The van der Waals surface area contributed by atoms with E-state index in [2.05, 4.69) is 10.2 Å². The Bertz CT molecular complexity index is 1090. The number of thioether (sulfide) groups is 1. The lowest BCUT2D eigenvalue weighted by Gasteiger charge is -2.26. The Hall–Kier alpha value is -3.20. The Morgan fingerprint density at radius 1 is 1.09 bits per heavy atom. The molecule has 0 radical (unpaired) electrons. The largest absolute Gasteiger partial charge is 0.497 e. The fraction of sp³-hybridized carbons (Fsp3) is 0.348. The Morgan fingerprint density at radius 3 is 2.69 bits per heavy atom. The maximum absolute atomic E-state index is 13.2. The minimum absolute atomic E-state index is 0.0414. The van der Waals surface area contributed by atoms with Gasteiger partial charge in [0.15, 0.2) is 5.16 Å². The zero-order chi connectivity index (χ0) is 22.5. The SMILES string of the molecule is COc1ccc(OC)c([C@@H]2CCCN2C(=O)CSc2nncn2-c2ccccc2OC)c1. The van der Waals surface area contributed by atoms with Crippen LogP contribution < -0.4 is 14.2 Å². The summed E-state index contributed by atoms with van der Waals surface area (Å²) < 4.78 is 18.2. The molecule has 1 aliphatic rings. The van der Waals surface area contributed by atoms with Crippen molar-refractivity contribution in [2.24, 2.45) is 0 Å². The molecule has 1 saturated heterocycles. The summed E-state index contributed by atoms with van der Waals surface area (Å²) in [6.07, 6.45) is 3.46. The molecule has 2 aromatic carbocycles. The maximum Gasteiger partial charge on any atom is 0.233 e. The number of aromatic nitrogens is 3. The van der Waals surface area contributed by atoms with E-state index in [1.807, 2.05) is 51.9 Å². The third kappa shape index (κ3) is 4.38. The topological polar surface area (TPSA) is 78.7 Å². The van der Waals surface area contributed by atoms with Crippen LogP contribution >= 0.6 is 11.8 Å². The first-order valence-corrected chi connectivity index (χ1v) is 11.3. The summed E-state index contributed by atoms with van der Waals surface area (Å²) in [7, 11) is 4.91. The molecule has 1 aliphatic heterocycles. The molecule has 168 valence electrons. The normalized spacial score (nSPS) is 15.6. The molecule has 1 amide bonds. The summed E-state index contributed by atoms with van der Waals surface area (Å²) in [5.41, 5.74) is 1.80. The van der Waals surface area contributed by atoms with E-state index in [1.54, 1.807) is 27.7 Å². The zero-order valence-corrected chi connectivity index (χ0v) is 19.2. The molecule has 32 heavy (non-hydrogen) atoms. The summed E-state index contributed by atoms with van der Waals surface area (Å²) in [6, 6.07) is 13.3. The smallest absolute Gasteiger partial charge is 0.233 e. The number of carbonyl (C=O) groups excluding carboxylic acids is 1. The highest BCUT2D eigenvalue weighted by molar-refractivity contribution is 7.99. The number of hydrogen-bond acceptors (Lipinski definition) is 7. The van der Waals surface area contributed by atoms with Crippen molar-refractivity contribution in [1.29, 1.82) is 0 Å². The van der Waals surface area contributed by atoms with Gasteiger partial charge in [-0.15, -0.1) is 10.2 Å². The van der Waals surface area contributed by atoms with Gasteiger partial charge in [-0.05, 0) is 43.2 Å². The summed E-state index contributed by atoms with van der Waals surface area (Å²) in [5, 5.41) is 8.88. The molecule has 0 bridgehead atoms. The van der Waals surface area contributed by atoms with E-state index in [-0.39, 0.29) is 17.7 Å². The third-order valence-corrected chi connectivity index (χ3v) is 6.48. The molecular weight excluding hydrogens is 428 g/mol. The molecule has 1 atom stereocenters. The highest BCUT2D eigenvalue weighted by Gasteiger charge is 2.32. The van der Waals surface area contributed by atoms with Crippen LogP contribution in [0.4, 0.5) is 0 Å². The number of carbonyl (C=O) groups is 1. The van der Waals surface area contributed by atoms with E-state index >= 15 is 0 Å². The molecular formula is C23H26N4O4S. The standard InChI is InChI=1S/C23H26N4O4S/c1-29-16-10-11-20(30-2)17(13-16)18-8-6-12-26(18)22(28)14-32-23-25-24-15-27(23)19-7-4-5-9-21(19)31-3/h4-5,7,9-11,13,15,18H,6,8,12,14H2,1-3H3/t18-/m0/s1. The van der Waals surface area contributed by atoms with Crippen molar-refractivity contribution in [1.82, 2.24) is 19.7 Å². The van der Waals surface area contributed by atoms with Gasteiger partial charge in [-0.3, -0.25) is 9.36 Å². The average molecular weight is 455 g/mol. The fourth-order valence-corrected chi connectivity index (χ4v) is 4.82. The Balaban J connectivity index is 1.51. The van der Waals surface area contributed by atoms with Gasteiger partial charge in [0.1, 0.15) is 23.6 Å². The molecule has 2 heterocycles. The van der Waals surface area contributed by atoms with Gasteiger partial charge in [0.2, 0.25) is 5.91 Å². The molecule has 0 unspecified atom stereocenters. The maximum atomic E-state index is 13.2. The first-order chi connectivity index (χ1) is 15.7. The molecule has 0 aliphatic carbocycles. The molecule has 3 aromatic rings. The number of para-hydroxylation sites is 2. The summed E-state index contributed by atoms with van der Waals surface area (Å²) >= 11 is 1.36. The lowest BCUT2D eigenvalue weighted by atomic mass is 10.0. The highest BCUT2D eigenvalue weighted by atomic mass is 32.2. The van der Waals surface area contributed by atoms with Crippen LogP contribution in [0, 0.1) is 0 Å². The molecule has 4 rings (SSSR count). The second-order valence-electron chi connectivity index (χ2n) is 7.30. The van der Waals surface area contributed by atoms with Crippen LogP contribution in [-0.4, -0.2) is 59.2 Å². The van der Waals surface area contributed by atoms with E-state index in [1.165, 1.54) is 11.8 Å². The van der Waals surface area contributed by atoms with Gasteiger partial charge in [0, 0.05) is 12.1 Å². The van der Waals surface area contributed by atoms with Crippen molar-refractivity contribution in [3.63, 3.8) is 0 Å². The minimum atomic E-state index is -0.0414. The van der Waals surface area contributed by atoms with Crippen LogP contribution in [0.3, 0.4) is 0 Å². The van der Waals surface area contributed by atoms with Crippen LogP contribution in [0.1, 0.15) is 24.4 Å². The molecule has 0 N–H and O–H groups in total. The van der Waals surface area contributed by atoms with Gasteiger partial charge in [0.05, 0.1) is 38.8 Å². The first kappa shape index (κ1) is 22.0. The number of rotatable bonds is 8. The average Bonchev–Trinajstić information content (AvgIpc) is 3.51. The summed E-state index contributed by atoms with van der Waals surface area (Å²) in [6.45, 7) is 0.712. The van der Waals surface area contributed by atoms with Crippen molar-refractivity contribution in [3.8, 4) is 22.9 Å². The second kappa shape index (κ2) is 9.95. The van der Waals surface area contributed by atoms with E-state index in [0.29, 0.717) is 17.5 Å². The van der Waals surface area contributed by atoms with Gasteiger partial charge < -0.3 is 19.1 Å². The van der Waals surface area contributed by atoms with Crippen LogP contribution in [0.2, 0.25) is 0 Å². The third-order valence-electron chi connectivity index (χ3n) is 5.55. The molecule has 0 saturated carbocycles. The number of benzene rings is 2. The summed E-state index contributed by atoms with van der Waals surface area (Å²) in [5.74, 6) is 2.54. The van der Waals surface area contributed by atoms with Crippen LogP contribution in [0.15, 0.2) is 53.9 Å². The van der Waals surface area contributed by atoms with E-state index in [0.717, 1.165) is 35.6 Å². The van der Waals surface area contributed by atoms with Crippen LogP contribution in [-0.2, 0) is 4.79 Å². The quantitative estimate of drug-likeness (QED) is 0.480. The number of hydrogen-bond donors (Lipinski definition) is 0. The number of amides is 1. The lowest BCUT2D eigenvalue weighted by Crippen LogP contribution is -2.32. The van der Waals surface area contributed by atoms with Crippen molar-refractivity contribution in [2.45, 2.75) is 24.0 Å². The Labute approximate surface area is 191 Å². The lowest BCUT2D eigenvalue weighted by molar-refractivity contribution is -0.129. The fourth-order valence-electron chi connectivity index (χ4n) is 4.01. The molecule has 9 heteroatoms. The molecule has 1 fully saturated rings. The van der Waals surface area contributed by atoms with E-state index < -0.39 is 0 Å². The van der Waals surface area contributed by atoms with Crippen molar-refractivity contribution >= 4 is 17.7 Å². The number of ether oxygens (including phenoxy) is 3. The minimum Gasteiger partial charge on any atom is -0.497 e. The van der Waals surface area contributed by atoms with Crippen molar-refractivity contribution in [2.75, 3.05) is 33.6 Å². The Morgan fingerprint density at radius 2 is 1.91 bits per heavy atom. The van der Waals surface area contributed by atoms with Gasteiger partial charge in [-0.25, -0.2) is 0 Å². The predicted octanol–water partition coefficient (Wildman–Crippen LogP) is 3.75. The molecule has 1 aromatic heterocycles. The summed E-state index contributed by atoms with van der Waals surface area (Å²) in [4.78, 5) is 15.1. The monoisotopic (exact) mass is 454 g/mol. The van der Waals surface area contributed by atoms with Crippen LogP contribution in [0.5, 0.6) is 17.2 Å². The van der Waals surface area contributed by atoms with Gasteiger partial charge >= 0.3 is 0 Å². The van der Waals surface area contributed by atoms with Gasteiger partial charge in [-0.1, -0.05) is 23.9 Å². The van der Waals surface area contributed by atoms with Gasteiger partial charge in [-0.2, -0.15) is 0 Å². The highest BCUT2D eigenvalue weighted by Crippen LogP contribution is 2.39. The zero-order valence-electron chi connectivity index (χ0n) is 18.4. The molecule has 0 spiro atoms. The number of likely N-dealkylation sites (tertiary alicyclic amines) is 1. The van der Waals surface area contributed by atoms with E-state index in [9.17, 15) is 4.79 Å². The number of nitrogens with zero attached hydrogens (tertiary/aromatic N) is 4. The van der Waals surface area contributed by atoms with Crippen molar-refractivity contribution in [3.05, 3.63) is 54.4 Å². The van der Waals surface area contributed by atoms with Gasteiger partial charge in [0.25, 0.3) is 0 Å². The van der Waals surface area contributed by atoms with Crippen molar-refractivity contribution < 1.29 is 19.0 Å². The predicted molar refractivity (Wildman–Crippen MR) is 122 cm³/mol. The first-order valence-electron chi connectivity index (χ1n) is 10.3. The van der Waals surface area contributed by atoms with E-state index in [4.69, 9.17) is 14.2 Å². The Kier molecular flexibility index (Phi) is 6.84.